The molecule has 1 saturated heterocycles. The second kappa shape index (κ2) is 5.93. The molecular weight excluding hydrogens is 286 g/mol. The molecule has 1 aromatic heterocycles. The number of ether oxygens (including phenoxy) is 1. The Morgan fingerprint density at radius 3 is 2.90 bits per heavy atom. The zero-order valence-corrected chi connectivity index (χ0v) is 12.4. The third kappa shape index (κ3) is 3.12. The molecule has 2 aromatic rings. The van der Waals surface area contributed by atoms with Gasteiger partial charge in [0, 0.05) is 36.0 Å². The number of hydrogen-bond acceptors (Lipinski definition) is 5. The molecule has 21 heavy (non-hydrogen) atoms. The molecule has 1 aliphatic heterocycles. The summed E-state index contributed by atoms with van der Waals surface area (Å²) in [6.45, 7) is 1.06. The first kappa shape index (κ1) is 14.2. The molecule has 0 radical (unpaired) electrons. The van der Waals surface area contributed by atoms with Crippen molar-refractivity contribution in [2.45, 2.75) is 18.4 Å². The molecule has 5 nitrogen and oxygen atoms in total. The third-order valence-corrected chi connectivity index (χ3v) is 4.46. The maximum atomic E-state index is 12.4. The largest absolute Gasteiger partial charge is 0.381 e. The Hall–Kier alpha value is -1.76. The summed E-state index contributed by atoms with van der Waals surface area (Å²) in [6, 6.07) is 7.65. The summed E-state index contributed by atoms with van der Waals surface area (Å²) in [6.07, 6.45) is 2.86. The van der Waals surface area contributed by atoms with Gasteiger partial charge in [0.25, 0.3) is 0 Å². The van der Waals surface area contributed by atoms with Crippen LogP contribution in [0.25, 0.3) is 10.6 Å². The Labute approximate surface area is 127 Å². The van der Waals surface area contributed by atoms with Crippen LogP contribution in [0.15, 0.2) is 35.8 Å². The fraction of sp³-hybridized carbons (Fsp3) is 0.333. The Morgan fingerprint density at radius 1 is 1.38 bits per heavy atom. The summed E-state index contributed by atoms with van der Waals surface area (Å²) in [5.74, 6) is -0.151. The zero-order valence-electron chi connectivity index (χ0n) is 11.5. The molecule has 6 heteroatoms. The molecule has 1 fully saturated rings. The number of nitrogens with two attached hydrogens (primary N) is 1. The van der Waals surface area contributed by atoms with Gasteiger partial charge in [-0.25, -0.2) is 4.98 Å². The Bertz CT molecular complexity index is 622. The smallest absolute Gasteiger partial charge is 0.244 e. The van der Waals surface area contributed by atoms with Gasteiger partial charge in [0.2, 0.25) is 5.91 Å². The first-order valence-electron chi connectivity index (χ1n) is 6.85. The van der Waals surface area contributed by atoms with Gasteiger partial charge in [-0.05, 0) is 25.0 Å². The number of carbonyl (C=O) groups is 1. The summed E-state index contributed by atoms with van der Waals surface area (Å²) in [5.41, 5.74) is 7.07. The topological polar surface area (TPSA) is 77.2 Å². The highest BCUT2D eigenvalue weighted by Gasteiger charge is 2.35. The lowest BCUT2D eigenvalue weighted by molar-refractivity contribution is -0.124. The molecule has 0 aliphatic carbocycles. The molecule has 1 aliphatic rings. The molecule has 0 unspecified atom stereocenters. The highest BCUT2D eigenvalue weighted by Crippen LogP contribution is 2.25. The van der Waals surface area contributed by atoms with E-state index in [1.807, 2.05) is 29.6 Å². The monoisotopic (exact) mass is 303 g/mol. The summed E-state index contributed by atoms with van der Waals surface area (Å²) in [4.78, 5) is 16.7. The van der Waals surface area contributed by atoms with Crippen molar-refractivity contribution in [1.29, 1.82) is 0 Å². The molecule has 2 heterocycles. The number of anilines is 1. The number of benzene rings is 1. The van der Waals surface area contributed by atoms with Crippen molar-refractivity contribution >= 4 is 22.9 Å². The highest BCUT2D eigenvalue weighted by atomic mass is 32.1. The Morgan fingerprint density at radius 2 is 2.19 bits per heavy atom. The van der Waals surface area contributed by atoms with Crippen molar-refractivity contribution in [2.75, 3.05) is 18.5 Å². The van der Waals surface area contributed by atoms with Crippen LogP contribution in [0.5, 0.6) is 0 Å². The van der Waals surface area contributed by atoms with Crippen molar-refractivity contribution in [3.8, 4) is 10.6 Å². The normalized spacial score (nSPS) is 17.4. The summed E-state index contributed by atoms with van der Waals surface area (Å²) in [7, 11) is 0. The molecule has 0 atom stereocenters. The van der Waals surface area contributed by atoms with E-state index in [1.165, 1.54) is 0 Å². The maximum absolute atomic E-state index is 12.4. The maximum Gasteiger partial charge on any atom is 0.244 e. The fourth-order valence-electron chi connectivity index (χ4n) is 2.31. The quantitative estimate of drug-likeness (QED) is 0.912. The number of hydrogen-bond donors (Lipinski definition) is 2. The zero-order chi connectivity index (χ0) is 14.7. The first-order chi connectivity index (χ1) is 10.2. The highest BCUT2D eigenvalue weighted by molar-refractivity contribution is 7.13. The lowest BCUT2D eigenvalue weighted by atomic mass is 9.90. The van der Waals surface area contributed by atoms with Crippen molar-refractivity contribution in [3.05, 3.63) is 35.8 Å². The van der Waals surface area contributed by atoms with Crippen LogP contribution in [0.4, 0.5) is 5.69 Å². The number of rotatable bonds is 3. The van der Waals surface area contributed by atoms with Crippen molar-refractivity contribution < 1.29 is 9.53 Å². The first-order valence-corrected chi connectivity index (χ1v) is 7.73. The molecule has 3 N–H and O–H groups in total. The van der Waals surface area contributed by atoms with E-state index in [0.717, 1.165) is 16.3 Å². The number of amides is 1. The Kier molecular flexibility index (Phi) is 4.01. The van der Waals surface area contributed by atoms with Crippen LogP contribution in [-0.4, -0.2) is 29.6 Å². The molecule has 0 bridgehead atoms. The number of nitrogens with zero attached hydrogens (tertiary/aromatic N) is 1. The van der Waals surface area contributed by atoms with Crippen LogP contribution < -0.4 is 11.1 Å². The van der Waals surface area contributed by atoms with Crippen LogP contribution in [0.1, 0.15) is 12.8 Å². The minimum atomic E-state index is -0.838. The average molecular weight is 303 g/mol. The van der Waals surface area contributed by atoms with E-state index < -0.39 is 5.54 Å². The average Bonchev–Trinajstić information content (AvgIpc) is 3.02. The molecule has 0 saturated carbocycles. The molecule has 1 amide bonds. The van der Waals surface area contributed by atoms with E-state index in [2.05, 4.69) is 10.3 Å². The number of aromatic nitrogens is 1. The SMILES string of the molecule is NC1(C(=O)Nc2cccc(-c3nccs3)c2)CCOCC1. The summed E-state index contributed by atoms with van der Waals surface area (Å²) < 4.78 is 5.27. The molecule has 0 spiro atoms. The molecule has 1 aromatic carbocycles. The van der Waals surface area contributed by atoms with Gasteiger partial charge in [-0.1, -0.05) is 12.1 Å². The lowest BCUT2D eigenvalue weighted by Crippen LogP contribution is -2.54. The summed E-state index contributed by atoms with van der Waals surface area (Å²) in [5, 5.41) is 5.77. The van der Waals surface area contributed by atoms with Gasteiger partial charge in [-0.15, -0.1) is 11.3 Å². The van der Waals surface area contributed by atoms with Gasteiger partial charge in [-0.2, -0.15) is 0 Å². The predicted molar refractivity (Wildman–Crippen MR) is 83.2 cm³/mol. The van der Waals surface area contributed by atoms with Gasteiger partial charge >= 0.3 is 0 Å². The van der Waals surface area contributed by atoms with E-state index >= 15 is 0 Å². The van der Waals surface area contributed by atoms with E-state index in [-0.39, 0.29) is 5.91 Å². The van der Waals surface area contributed by atoms with E-state index in [9.17, 15) is 4.79 Å². The van der Waals surface area contributed by atoms with Crippen LogP contribution in [0, 0.1) is 0 Å². The minimum Gasteiger partial charge on any atom is -0.381 e. The summed E-state index contributed by atoms with van der Waals surface area (Å²) >= 11 is 1.57. The Balaban J connectivity index is 1.76. The van der Waals surface area contributed by atoms with Gasteiger partial charge < -0.3 is 15.8 Å². The van der Waals surface area contributed by atoms with Crippen LogP contribution in [0.3, 0.4) is 0 Å². The molecule has 3 rings (SSSR count). The van der Waals surface area contributed by atoms with Crippen LogP contribution in [-0.2, 0) is 9.53 Å². The molecule has 110 valence electrons. The minimum absolute atomic E-state index is 0.151. The number of carbonyl (C=O) groups excluding carboxylic acids is 1. The fourth-order valence-corrected chi connectivity index (χ4v) is 2.95. The van der Waals surface area contributed by atoms with Crippen LogP contribution >= 0.6 is 11.3 Å². The van der Waals surface area contributed by atoms with Gasteiger partial charge in [0.05, 0.1) is 0 Å². The number of thiazole rings is 1. The van der Waals surface area contributed by atoms with Gasteiger partial charge in [-0.3, -0.25) is 4.79 Å². The molecular formula is C15H17N3O2S. The van der Waals surface area contributed by atoms with E-state index in [0.29, 0.717) is 26.1 Å². The van der Waals surface area contributed by atoms with Crippen LogP contribution in [0.2, 0.25) is 0 Å². The predicted octanol–water partition coefficient (Wildman–Crippen LogP) is 2.26. The van der Waals surface area contributed by atoms with Crippen molar-refractivity contribution in [2.24, 2.45) is 5.73 Å². The standard InChI is InChI=1S/C15H17N3O2S/c16-15(4-7-20-8-5-15)14(19)18-12-3-1-2-11(10-12)13-17-6-9-21-13/h1-3,6,9-10H,4-5,7-8,16H2,(H,18,19). The van der Waals surface area contributed by atoms with E-state index in [4.69, 9.17) is 10.5 Å². The third-order valence-electron chi connectivity index (χ3n) is 3.64. The van der Waals surface area contributed by atoms with Crippen molar-refractivity contribution in [1.82, 2.24) is 4.98 Å². The van der Waals surface area contributed by atoms with E-state index in [1.54, 1.807) is 17.5 Å². The number of nitrogens with one attached hydrogen (secondary N) is 1. The second-order valence-electron chi connectivity index (χ2n) is 5.14. The lowest BCUT2D eigenvalue weighted by Gasteiger charge is -2.31. The van der Waals surface area contributed by atoms with Crippen molar-refractivity contribution in [3.63, 3.8) is 0 Å². The van der Waals surface area contributed by atoms with Gasteiger partial charge in [0.15, 0.2) is 0 Å². The van der Waals surface area contributed by atoms with Gasteiger partial charge in [0.1, 0.15) is 10.5 Å². The second-order valence-corrected chi connectivity index (χ2v) is 6.04.